The summed E-state index contributed by atoms with van der Waals surface area (Å²) in [5.74, 6) is -0.256. The number of rotatable bonds is 2. The smallest absolute Gasteiger partial charge is 0.256 e. The standard InChI is InChI=1S/C14H14N2O2/c1-9-10(5-4-6-11(9)15)14(18)16-12-7-2-3-8-13(12)17/h2-8,17H,15H2,1H3,(H,16,18). The van der Waals surface area contributed by atoms with Gasteiger partial charge < -0.3 is 16.2 Å². The van der Waals surface area contributed by atoms with E-state index in [1.807, 2.05) is 0 Å². The topological polar surface area (TPSA) is 75.4 Å². The van der Waals surface area contributed by atoms with Crippen LogP contribution in [0, 0.1) is 6.92 Å². The van der Waals surface area contributed by atoms with E-state index in [0.29, 0.717) is 16.9 Å². The van der Waals surface area contributed by atoms with Crippen LogP contribution in [0.25, 0.3) is 0 Å². The normalized spacial score (nSPS) is 10.1. The second-order valence-electron chi connectivity index (χ2n) is 3.99. The molecule has 4 N–H and O–H groups in total. The summed E-state index contributed by atoms with van der Waals surface area (Å²) in [6, 6.07) is 11.7. The van der Waals surface area contributed by atoms with E-state index in [-0.39, 0.29) is 11.7 Å². The summed E-state index contributed by atoms with van der Waals surface area (Å²) in [5.41, 5.74) is 7.93. The van der Waals surface area contributed by atoms with E-state index in [2.05, 4.69) is 5.32 Å². The fourth-order valence-electron chi connectivity index (χ4n) is 1.67. The Labute approximate surface area is 105 Å². The molecule has 0 atom stereocenters. The van der Waals surface area contributed by atoms with Crippen molar-refractivity contribution in [2.24, 2.45) is 0 Å². The van der Waals surface area contributed by atoms with Gasteiger partial charge in [-0.3, -0.25) is 4.79 Å². The average molecular weight is 242 g/mol. The minimum absolute atomic E-state index is 0.0346. The van der Waals surface area contributed by atoms with Gasteiger partial charge in [-0.25, -0.2) is 0 Å². The van der Waals surface area contributed by atoms with Crippen LogP contribution in [0.1, 0.15) is 15.9 Å². The van der Waals surface area contributed by atoms with Crippen LogP contribution < -0.4 is 11.1 Å². The molecule has 0 saturated carbocycles. The number of hydrogen-bond acceptors (Lipinski definition) is 3. The molecule has 0 spiro atoms. The molecule has 2 aromatic rings. The highest BCUT2D eigenvalue weighted by Crippen LogP contribution is 2.23. The fraction of sp³-hybridized carbons (Fsp3) is 0.0714. The van der Waals surface area contributed by atoms with Crippen molar-refractivity contribution in [3.05, 3.63) is 53.6 Å². The molecule has 0 aliphatic heterocycles. The Balaban J connectivity index is 2.28. The fourth-order valence-corrected chi connectivity index (χ4v) is 1.67. The SMILES string of the molecule is Cc1c(N)cccc1C(=O)Nc1ccccc1O. The maximum absolute atomic E-state index is 12.1. The number of para-hydroxylation sites is 2. The van der Waals surface area contributed by atoms with Gasteiger partial charge in [0.1, 0.15) is 5.75 Å². The Morgan fingerprint density at radius 2 is 1.89 bits per heavy atom. The van der Waals surface area contributed by atoms with Crippen molar-refractivity contribution < 1.29 is 9.90 Å². The second-order valence-corrected chi connectivity index (χ2v) is 3.99. The minimum Gasteiger partial charge on any atom is -0.506 e. The summed E-state index contributed by atoms with van der Waals surface area (Å²) >= 11 is 0. The number of nitrogens with one attached hydrogen (secondary N) is 1. The number of aromatic hydroxyl groups is 1. The summed E-state index contributed by atoms with van der Waals surface area (Å²) in [6.45, 7) is 1.79. The van der Waals surface area contributed by atoms with Crippen LogP contribution in [0.5, 0.6) is 5.75 Å². The van der Waals surface area contributed by atoms with Crippen LogP contribution in [0.4, 0.5) is 11.4 Å². The van der Waals surface area contributed by atoms with Crippen molar-refractivity contribution in [2.75, 3.05) is 11.1 Å². The summed E-state index contributed by atoms with van der Waals surface area (Å²) in [6.07, 6.45) is 0. The van der Waals surface area contributed by atoms with Gasteiger partial charge in [0.2, 0.25) is 0 Å². The van der Waals surface area contributed by atoms with Crippen LogP contribution in [0.3, 0.4) is 0 Å². The van der Waals surface area contributed by atoms with Gasteiger partial charge >= 0.3 is 0 Å². The molecule has 1 amide bonds. The third-order valence-corrected chi connectivity index (χ3v) is 2.77. The Bertz CT molecular complexity index is 594. The van der Waals surface area contributed by atoms with E-state index >= 15 is 0 Å². The summed E-state index contributed by atoms with van der Waals surface area (Å²) < 4.78 is 0. The van der Waals surface area contributed by atoms with Crippen LogP contribution in [0.15, 0.2) is 42.5 Å². The highest BCUT2D eigenvalue weighted by Gasteiger charge is 2.12. The Morgan fingerprint density at radius 3 is 2.61 bits per heavy atom. The highest BCUT2D eigenvalue weighted by molar-refractivity contribution is 6.06. The van der Waals surface area contributed by atoms with Crippen LogP contribution in [-0.2, 0) is 0 Å². The maximum atomic E-state index is 12.1. The lowest BCUT2D eigenvalue weighted by atomic mass is 10.1. The number of amides is 1. The van der Waals surface area contributed by atoms with Gasteiger partial charge in [-0.1, -0.05) is 18.2 Å². The predicted octanol–water partition coefficient (Wildman–Crippen LogP) is 2.54. The molecule has 0 aliphatic rings. The average Bonchev–Trinajstić information content (AvgIpc) is 2.35. The van der Waals surface area contributed by atoms with E-state index in [0.717, 1.165) is 5.56 Å². The number of hydrogen-bond donors (Lipinski definition) is 3. The van der Waals surface area contributed by atoms with E-state index in [9.17, 15) is 9.90 Å². The van der Waals surface area contributed by atoms with Gasteiger partial charge in [0, 0.05) is 11.3 Å². The lowest BCUT2D eigenvalue weighted by Crippen LogP contribution is -2.14. The van der Waals surface area contributed by atoms with Crippen molar-refractivity contribution in [3.8, 4) is 5.75 Å². The largest absolute Gasteiger partial charge is 0.506 e. The van der Waals surface area contributed by atoms with E-state index < -0.39 is 0 Å². The van der Waals surface area contributed by atoms with Gasteiger partial charge in [-0.15, -0.1) is 0 Å². The Morgan fingerprint density at radius 1 is 1.17 bits per heavy atom. The van der Waals surface area contributed by atoms with Gasteiger partial charge in [-0.05, 0) is 36.8 Å². The van der Waals surface area contributed by atoms with Crippen molar-refractivity contribution in [2.45, 2.75) is 6.92 Å². The molecule has 0 unspecified atom stereocenters. The molecule has 0 aromatic heterocycles. The van der Waals surface area contributed by atoms with Gasteiger partial charge in [0.15, 0.2) is 0 Å². The molecule has 4 heteroatoms. The molecule has 2 rings (SSSR count). The molecule has 2 aromatic carbocycles. The van der Waals surface area contributed by atoms with Crippen molar-refractivity contribution in [1.29, 1.82) is 0 Å². The number of benzene rings is 2. The highest BCUT2D eigenvalue weighted by atomic mass is 16.3. The number of anilines is 2. The van der Waals surface area contributed by atoms with Gasteiger partial charge in [0.05, 0.1) is 5.69 Å². The van der Waals surface area contributed by atoms with Crippen LogP contribution in [-0.4, -0.2) is 11.0 Å². The van der Waals surface area contributed by atoms with Crippen molar-refractivity contribution in [1.82, 2.24) is 0 Å². The molecule has 0 heterocycles. The molecule has 92 valence electrons. The lowest BCUT2D eigenvalue weighted by molar-refractivity contribution is 0.102. The first kappa shape index (κ1) is 12.0. The zero-order valence-corrected chi connectivity index (χ0v) is 9.97. The van der Waals surface area contributed by atoms with Crippen molar-refractivity contribution in [3.63, 3.8) is 0 Å². The predicted molar refractivity (Wildman–Crippen MR) is 71.7 cm³/mol. The minimum atomic E-state index is -0.290. The first-order valence-electron chi connectivity index (χ1n) is 5.54. The van der Waals surface area contributed by atoms with E-state index in [4.69, 9.17) is 5.73 Å². The number of carbonyl (C=O) groups is 1. The summed E-state index contributed by atoms with van der Waals surface area (Å²) in [5, 5.41) is 12.2. The zero-order valence-electron chi connectivity index (χ0n) is 9.97. The molecule has 4 nitrogen and oxygen atoms in total. The van der Waals surface area contributed by atoms with Crippen LogP contribution in [0.2, 0.25) is 0 Å². The number of phenolic OH excluding ortho intramolecular Hbond substituents is 1. The van der Waals surface area contributed by atoms with Gasteiger partial charge in [0.25, 0.3) is 5.91 Å². The number of carbonyl (C=O) groups excluding carboxylic acids is 1. The monoisotopic (exact) mass is 242 g/mol. The van der Waals surface area contributed by atoms with E-state index in [1.54, 1.807) is 43.3 Å². The quantitative estimate of drug-likeness (QED) is 0.559. The Hall–Kier alpha value is -2.49. The third kappa shape index (κ3) is 2.27. The van der Waals surface area contributed by atoms with Crippen molar-refractivity contribution >= 4 is 17.3 Å². The molecule has 0 bridgehead atoms. The first-order chi connectivity index (χ1) is 8.59. The molecular weight excluding hydrogens is 228 g/mol. The summed E-state index contributed by atoms with van der Waals surface area (Å²) in [7, 11) is 0. The number of nitrogen functional groups attached to an aromatic ring is 1. The molecule has 0 saturated heterocycles. The number of phenols is 1. The molecule has 0 fully saturated rings. The zero-order chi connectivity index (χ0) is 13.1. The number of nitrogens with two attached hydrogens (primary N) is 1. The molecule has 0 aliphatic carbocycles. The third-order valence-electron chi connectivity index (χ3n) is 2.77. The van der Waals surface area contributed by atoms with Crippen LogP contribution >= 0.6 is 0 Å². The van der Waals surface area contributed by atoms with E-state index in [1.165, 1.54) is 6.07 Å². The second kappa shape index (κ2) is 4.79. The first-order valence-corrected chi connectivity index (χ1v) is 5.54. The molecule has 18 heavy (non-hydrogen) atoms. The Kier molecular flexibility index (Phi) is 3.19. The molecule has 0 radical (unpaired) electrons. The lowest BCUT2D eigenvalue weighted by Gasteiger charge is -2.10. The summed E-state index contributed by atoms with van der Waals surface area (Å²) in [4.78, 5) is 12.1. The van der Waals surface area contributed by atoms with Gasteiger partial charge in [-0.2, -0.15) is 0 Å². The maximum Gasteiger partial charge on any atom is 0.256 e. The molecular formula is C14H14N2O2.